The van der Waals surface area contributed by atoms with Crippen LogP contribution in [0.4, 0.5) is 0 Å². The molecular weight excluding hydrogens is 15000 g/mol. The summed E-state index contributed by atoms with van der Waals surface area (Å²) in [4.78, 5) is 0. The second-order valence-corrected chi connectivity index (χ2v) is 2790. The van der Waals surface area contributed by atoms with Gasteiger partial charge < -0.3 is 21.7 Å². The van der Waals surface area contributed by atoms with Gasteiger partial charge in [-0.25, -0.2) is 0 Å². The van der Waals surface area contributed by atoms with E-state index in [1.54, 1.807) is 0 Å². The van der Waals surface area contributed by atoms with Gasteiger partial charge in [0.2, 0.25) is 0 Å². The van der Waals surface area contributed by atoms with E-state index in [4.69, 9.17) is 11.5 Å². The summed E-state index contributed by atoms with van der Waals surface area (Å²) in [6.45, 7) is 0.717. The third-order valence-electron chi connectivity index (χ3n) is 8.41. The predicted octanol–water partition coefficient (Wildman–Crippen LogP) is 104. The summed E-state index contributed by atoms with van der Waals surface area (Å²) in [7, 11) is -35.8. The van der Waals surface area contributed by atoms with E-state index in [2.05, 4.69) is 1100 Å². The molecule has 0 aromatic heterocycles. The van der Waals surface area contributed by atoms with Gasteiger partial charge in [0.1, 0.15) is 0 Å². The van der Waals surface area contributed by atoms with Crippen LogP contribution in [0.15, 0.2) is 30.3 Å². The van der Waals surface area contributed by atoms with Gasteiger partial charge >= 0.3 is 1550 Å². The van der Waals surface area contributed by atoms with Crippen LogP contribution in [0.25, 0.3) is 0 Å². The van der Waals surface area contributed by atoms with Crippen LogP contribution in [0.5, 0.6) is 0 Å². The molecule has 0 aliphatic heterocycles. The van der Waals surface area contributed by atoms with E-state index < -0.39 is 456 Å². The van der Waals surface area contributed by atoms with Gasteiger partial charge in [0, 0.05) is 13.1 Å². The summed E-state index contributed by atoms with van der Waals surface area (Å²) in [5.41, 5.74) is 11.5. The molecule has 1 fully saturated rings. The molecule has 0 saturated heterocycles. The van der Waals surface area contributed by atoms with Crippen molar-refractivity contribution in [2.45, 2.75) is 44.3 Å². The first-order valence-electron chi connectivity index (χ1n) is 23.9. The minimum absolute atomic E-state index is 0.236. The molecule has 926 valence electrons. The zero-order chi connectivity index (χ0) is 107. The molecule has 1 saturated carbocycles. The van der Waals surface area contributed by atoms with Crippen molar-refractivity contribution in [3.63, 3.8) is 0 Å². The van der Waals surface area contributed by atoms with Crippen LogP contribution in [0, 0.1) is 5.92 Å². The molecule has 0 radical (unpaired) electrons. The van der Waals surface area contributed by atoms with Crippen molar-refractivity contribution in [2.75, 3.05) is 13.1 Å². The Labute approximate surface area is 1570 Å². The standard InChI is InChI=1S/C8H17NO.C8H11NO.I116/c2*9-6-8(10)7-4-2-1-3-5-7;1-60(2)62(5)64(7)66(9)68(11)70(13)72(15)74(17)76(19)78(21)80(23)82(25)84(27)86(29)88(31)90(33)92(35)94(37)96(39)98(41)100(43)102(45)104(47)106(49)108(51)110(53)112(55)114(57)116(59)115(58)113(56)111(54)109(52)107(50)105(48)103(46)101(44)99(42)97(40)95(38)93(36)91(34)89(32)87(30)85(28)83(26)81(24)79(22)77(20)75(18)73(16)71(14)69(12)67(10)65(8)63(6)61(3)4/h7-8,10H,1-6,9H2;1-5,8,10H,6,9H2;. The molecule has 4 nitrogen and oxygen atoms in total. The van der Waals surface area contributed by atoms with Crippen LogP contribution >= 0.6 is 1550 Å². The Kier molecular flexibility index (Phi) is 216. The molecule has 2 rings (SSSR count). The van der Waals surface area contributed by atoms with E-state index in [-0.39, 0.29) is 12.6 Å². The van der Waals surface area contributed by atoms with Crippen molar-refractivity contribution in [1.29, 1.82) is 0 Å². The number of nitrogens with two attached hydrogens (primary N) is 2. The molecule has 1 aliphatic rings. The average Bonchev–Trinajstić information content (AvgIpc) is 0.811. The fourth-order valence-corrected chi connectivity index (χ4v) is 23100. The Morgan fingerprint density at radius 3 is 0.382 bits per heavy atom. The number of aliphatic hydroxyl groups is 2. The van der Waals surface area contributed by atoms with Gasteiger partial charge in [0.25, 0.3) is 0 Å². The summed E-state index contributed by atoms with van der Waals surface area (Å²) in [6, 6.07) is 9.39. The molecule has 0 amide bonds. The predicted molar refractivity (Wildman–Crippen MR) is 1710 cm³/mol. The number of benzene rings is 1. The van der Waals surface area contributed by atoms with Crippen molar-refractivity contribution < 1.29 is 10.2 Å². The van der Waals surface area contributed by atoms with Crippen LogP contribution in [-0.2, 0) is 0 Å². The van der Waals surface area contributed by atoms with Gasteiger partial charge in [-0.2, -0.15) is 0 Å². The van der Waals surface area contributed by atoms with Crippen molar-refractivity contribution in [3.05, 3.63) is 35.9 Å². The van der Waals surface area contributed by atoms with Gasteiger partial charge in [0.05, 0.1) is 12.2 Å². The van der Waals surface area contributed by atoms with Crippen molar-refractivity contribution in [1.82, 2.24) is 0 Å². The van der Waals surface area contributed by atoms with Gasteiger partial charge in [-0.1, -0.05) is 49.6 Å². The molecular formula is C16H28I116N2O2. The molecule has 0 spiro atoms. The quantitative estimate of drug-likeness (QED) is 0.0489. The van der Waals surface area contributed by atoms with Crippen molar-refractivity contribution in [2.24, 2.45) is 17.4 Å². The zero-order valence-corrected chi connectivity index (χ0v) is 306. The Hall–Kier alpha value is 83.7. The van der Waals surface area contributed by atoms with E-state index in [9.17, 15) is 10.2 Å². The smallest absolute Gasteiger partial charge is 0.0912 e. The Bertz CT molecular complexity index is 2990. The van der Waals surface area contributed by atoms with E-state index in [1.165, 1.54) is 32.1 Å². The largest absolute Gasteiger partial charge is 0.392 e. The molecule has 1 aliphatic carbocycles. The summed E-state index contributed by atoms with van der Waals surface area (Å²) in [5.74, 6) is 0.499. The summed E-state index contributed by atoms with van der Waals surface area (Å²) < 4.78 is 0. The molecule has 2 atom stereocenters. The minimum atomic E-state index is -0.673. The fraction of sp³-hybridized carbons (Fsp3) is 0.625. The van der Waals surface area contributed by atoms with Crippen molar-refractivity contribution in [3.8, 4) is 0 Å². The van der Waals surface area contributed by atoms with Gasteiger partial charge in [0.15, 0.2) is 0 Å². The van der Waals surface area contributed by atoms with E-state index in [1.807, 2.05) is 30.3 Å². The van der Waals surface area contributed by atoms with Gasteiger partial charge in [-0.15, -0.1) is 0 Å². The number of hydrogen-bond donors (Lipinski definition) is 4. The Morgan fingerprint density at radius 1 is 0.176 bits per heavy atom. The number of rotatable bonds is 60. The second kappa shape index (κ2) is 133. The Balaban J connectivity index is 0.00000798. The fourth-order valence-electron chi connectivity index (χ4n) is 4.22. The van der Waals surface area contributed by atoms with Gasteiger partial charge in [-0.05, 0) is 24.3 Å². The average molecular weight is 15000 g/mol. The zero-order valence-electron chi connectivity index (χ0n) is 56.0. The summed E-state index contributed by atoms with van der Waals surface area (Å²) >= 11 is 201. The maximum absolute atomic E-state index is 9.36. The summed E-state index contributed by atoms with van der Waals surface area (Å²) in [5, 5.41) is 18.6. The number of hydrogen-bond acceptors (Lipinski definition) is 4. The molecule has 0 heterocycles. The molecule has 120 heteroatoms. The molecule has 6 N–H and O–H groups in total. The third-order valence-corrected chi connectivity index (χ3v) is 9260. The second-order valence-electron chi connectivity index (χ2n) is 14.6. The summed E-state index contributed by atoms with van der Waals surface area (Å²) in [6.07, 6.45) is 5.51. The molecule has 136 heavy (non-hydrogen) atoms. The Morgan fingerprint density at radius 2 is 0.287 bits per heavy atom. The van der Waals surface area contributed by atoms with E-state index in [0.717, 1.165) is 5.56 Å². The van der Waals surface area contributed by atoms with Crippen LogP contribution in [-0.4, -0.2) is 29.4 Å². The third kappa shape index (κ3) is 90.7. The first-order chi connectivity index (χ1) is 62.4. The first-order valence-corrected chi connectivity index (χ1v) is 747. The van der Waals surface area contributed by atoms with Gasteiger partial charge in [-0.3, -0.25) is 0 Å². The number of aliphatic hydroxyl groups excluding tert-OH is 2. The molecule has 1 aromatic rings. The monoisotopic (exact) mass is 15000 g/mol. The van der Waals surface area contributed by atoms with Crippen LogP contribution in [0.1, 0.15) is 43.8 Å². The van der Waals surface area contributed by atoms with E-state index >= 15 is 0 Å². The van der Waals surface area contributed by atoms with Crippen LogP contribution < -0.4 is 11.5 Å². The normalized spacial score (nSPS) is 19.2. The van der Waals surface area contributed by atoms with Crippen LogP contribution in [0.3, 0.4) is 0 Å². The maximum atomic E-state index is 9.36. The molecule has 1 aromatic carbocycles. The first kappa shape index (κ1) is 220. The molecule has 2 unspecified atom stereocenters. The van der Waals surface area contributed by atoms with Crippen LogP contribution in [0.2, 0.25) is 0 Å². The topological polar surface area (TPSA) is 92.5 Å². The van der Waals surface area contributed by atoms with Crippen molar-refractivity contribution >= 4 is 1550 Å². The SMILES string of the molecule is II(I)I(I)I(I)I(I)I(I)I(I)I(I)I(I)I(I)I(I)I(I)I(I)I(I)I(I)I(I)I(I)I(I)I(I)I(I)I(I)I(I)I(I)I(I)I(I)I(I)I(I)I(I)I(I)I(I)I(I)I(I)I(I)I(I)I(I)I(I)I(I)I(I)I(I)I(I)I(I)I(I)I(I)I(I)I(I)I(I)I(I)I(I)I(I)I(I)I(I)I(I)I(I)I(I)I(I)I(I)I(I)I(I)I.NCC(O)C1CCCCC1.NCC(O)c1ccccc1. The number of halogens is 116. The maximum Gasteiger partial charge on any atom is 0.0912 e. The van der Waals surface area contributed by atoms with E-state index in [0.29, 0.717) is 12.5 Å². The minimum Gasteiger partial charge on any atom is -0.392 e. The molecule has 0 bridgehead atoms.